The van der Waals surface area contributed by atoms with E-state index in [-0.39, 0.29) is 16.7 Å². The highest BCUT2D eigenvalue weighted by atomic mass is 32.1. The maximum absolute atomic E-state index is 12.3. The Morgan fingerprint density at radius 2 is 1.56 bits per heavy atom. The number of rotatable bonds is 4. The van der Waals surface area contributed by atoms with Crippen molar-refractivity contribution in [1.82, 2.24) is 5.32 Å². The van der Waals surface area contributed by atoms with Crippen molar-refractivity contribution in [2.75, 3.05) is 5.32 Å². The van der Waals surface area contributed by atoms with Crippen molar-refractivity contribution in [1.29, 1.82) is 0 Å². The van der Waals surface area contributed by atoms with E-state index in [1.807, 2.05) is 42.5 Å². The van der Waals surface area contributed by atoms with Crippen LogP contribution in [-0.2, 0) is 0 Å². The fourth-order valence-electron chi connectivity index (χ4n) is 2.48. The molecular weight excluding hydrogens is 362 g/mol. The molecule has 0 bridgehead atoms. The highest BCUT2D eigenvalue weighted by Crippen LogP contribution is 2.19. The molecule has 0 aliphatic heterocycles. The molecule has 0 fully saturated rings. The Kier molecular flexibility index (Phi) is 5.53. The van der Waals surface area contributed by atoms with Gasteiger partial charge in [-0.3, -0.25) is 20.2 Å². The van der Waals surface area contributed by atoms with Gasteiger partial charge in [-0.2, -0.15) is 0 Å². The number of carbonyl (C=O) groups is 1. The van der Waals surface area contributed by atoms with Crippen LogP contribution in [0.5, 0.6) is 0 Å². The van der Waals surface area contributed by atoms with Gasteiger partial charge in [-0.1, -0.05) is 48.5 Å². The predicted octanol–water partition coefficient (Wildman–Crippen LogP) is 4.39. The van der Waals surface area contributed by atoms with Crippen LogP contribution in [-0.4, -0.2) is 15.9 Å². The maximum atomic E-state index is 12.3. The van der Waals surface area contributed by atoms with Gasteiger partial charge in [0.15, 0.2) is 5.11 Å². The summed E-state index contributed by atoms with van der Waals surface area (Å²) in [5, 5.41) is 16.2. The molecule has 0 aliphatic rings. The smallest absolute Gasteiger partial charge is 0.271 e. The third-order valence-corrected chi connectivity index (χ3v) is 4.00. The van der Waals surface area contributed by atoms with Crippen LogP contribution in [0.2, 0.25) is 0 Å². The predicted molar refractivity (Wildman–Crippen MR) is 109 cm³/mol. The highest BCUT2D eigenvalue weighted by Gasteiger charge is 2.10. The quantitative estimate of drug-likeness (QED) is 0.400. The number of nitrogens with one attached hydrogen (secondary N) is 2. The van der Waals surface area contributed by atoms with Gasteiger partial charge in [0.1, 0.15) is 0 Å². The van der Waals surface area contributed by atoms with Gasteiger partial charge in [0.25, 0.3) is 11.6 Å². The molecule has 3 rings (SSSR count). The Bertz CT molecular complexity index is 989. The Labute approximate surface area is 161 Å². The van der Waals surface area contributed by atoms with Gasteiger partial charge in [-0.25, -0.2) is 0 Å². The van der Waals surface area contributed by atoms with Gasteiger partial charge in [-0.05, 0) is 41.5 Å². The average molecular weight is 377 g/mol. The lowest BCUT2D eigenvalue weighted by Gasteiger charge is -2.10. The molecule has 0 saturated carbocycles. The van der Waals surface area contributed by atoms with E-state index in [1.54, 1.807) is 18.2 Å². The maximum Gasteiger partial charge on any atom is 0.271 e. The number of benzene rings is 3. The summed E-state index contributed by atoms with van der Waals surface area (Å²) in [4.78, 5) is 22.6. The fraction of sp³-hybridized carbons (Fsp3) is 0. The molecule has 7 heteroatoms. The average Bonchev–Trinajstić information content (AvgIpc) is 2.69. The van der Waals surface area contributed by atoms with Gasteiger partial charge >= 0.3 is 0 Å². The first-order valence-corrected chi connectivity index (χ1v) is 8.46. The van der Waals surface area contributed by atoms with E-state index in [4.69, 9.17) is 12.2 Å². The third-order valence-electron chi connectivity index (χ3n) is 3.80. The van der Waals surface area contributed by atoms with Crippen molar-refractivity contribution in [2.45, 2.75) is 0 Å². The summed E-state index contributed by atoms with van der Waals surface area (Å²) >= 11 is 5.11. The number of thiocarbonyl (C=S) groups is 1. The van der Waals surface area contributed by atoms with Crippen molar-refractivity contribution in [3.63, 3.8) is 0 Å². The largest absolute Gasteiger partial charge is 0.332 e. The van der Waals surface area contributed by atoms with Crippen LogP contribution in [0, 0.1) is 10.1 Å². The van der Waals surface area contributed by atoms with Crippen molar-refractivity contribution in [3.8, 4) is 11.1 Å². The number of amides is 1. The molecule has 0 unspecified atom stereocenters. The number of nitrogens with zero attached hydrogens (tertiary/aromatic N) is 1. The van der Waals surface area contributed by atoms with E-state index in [0.29, 0.717) is 11.3 Å². The second-order valence-electron chi connectivity index (χ2n) is 5.66. The zero-order valence-corrected chi connectivity index (χ0v) is 14.9. The van der Waals surface area contributed by atoms with Gasteiger partial charge in [-0.15, -0.1) is 0 Å². The van der Waals surface area contributed by atoms with Crippen LogP contribution >= 0.6 is 12.2 Å². The minimum atomic E-state index is -0.499. The van der Waals surface area contributed by atoms with Crippen molar-refractivity contribution in [2.24, 2.45) is 0 Å². The number of non-ortho nitro benzene ring substituents is 1. The van der Waals surface area contributed by atoms with E-state index in [2.05, 4.69) is 10.6 Å². The van der Waals surface area contributed by atoms with E-state index in [0.717, 1.165) is 11.1 Å². The summed E-state index contributed by atoms with van der Waals surface area (Å²) < 4.78 is 0. The summed E-state index contributed by atoms with van der Waals surface area (Å²) in [6, 6.07) is 22.9. The molecule has 0 spiro atoms. The molecule has 0 aromatic heterocycles. The van der Waals surface area contributed by atoms with E-state index >= 15 is 0 Å². The van der Waals surface area contributed by atoms with Gasteiger partial charge in [0.2, 0.25) is 0 Å². The normalized spacial score (nSPS) is 10.1. The SMILES string of the molecule is O=C(NC(=S)Nc1cccc([N+](=O)[O-])c1)c1ccc(-c2ccccc2)cc1. The number of nitro groups is 1. The van der Waals surface area contributed by atoms with Crippen LogP contribution in [0.4, 0.5) is 11.4 Å². The van der Waals surface area contributed by atoms with E-state index < -0.39 is 4.92 Å². The second-order valence-corrected chi connectivity index (χ2v) is 6.07. The van der Waals surface area contributed by atoms with Gasteiger partial charge < -0.3 is 5.32 Å². The molecule has 0 atom stereocenters. The Morgan fingerprint density at radius 3 is 2.22 bits per heavy atom. The number of nitro benzene ring substituents is 1. The first-order chi connectivity index (χ1) is 13.0. The molecule has 0 aliphatic carbocycles. The number of hydrogen-bond donors (Lipinski definition) is 2. The summed E-state index contributed by atoms with van der Waals surface area (Å²) in [6.45, 7) is 0. The van der Waals surface area contributed by atoms with Gasteiger partial charge in [0, 0.05) is 23.4 Å². The molecule has 3 aromatic rings. The first-order valence-electron chi connectivity index (χ1n) is 8.05. The van der Waals surface area contributed by atoms with Crippen LogP contribution in [0.15, 0.2) is 78.9 Å². The Hall–Kier alpha value is -3.58. The van der Waals surface area contributed by atoms with E-state index in [1.165, 1.54) is 18.2 Å². The lowest BCUT2D eigenvalue weighted by molar-refractivity contribution is -0.384. The van der Waals surface area contributed by atoms with Crippen LogP contribution in [0.1, 0.15) is 10.4 Å². The van der Waals surface area contributed by atoms with Crippen LogP contribution in [0.25, 0.3) is 11.1 Å². The van der Waals surface area contributed by atoms with Gasteiger partial charge in [0.05, 0.1) is 4.92 Å². The highest BCUT2D eigenvalue weighted by molar-refractivity contribution is 7.80. The second kappa shape index (κ2) is 8.20. The summed E-state index contributed by atoms with van der Waals surface area (Å²) in [5.41, 5.74) is 2.88. The lowest BCUT2D eigenvalue weighted by Crippen LogP contribution is -2.34. The van der Waals surface area contributed by atoms with Crippen molar-refractivity contribution >= 4 is 34.6 Å². The number of anilines is 1. The molecule has 0 saturated heterocycles. The molecule has 134 valence electrons. The number of hydrogen-bond acceptors (Lipinski definition) is 4. The zero-order chi connectivity index (χ0) is 19.2. The molecule has 0 heterocycles. The first kappa shape index (κ1) is 18.2. The summed E-state index contributed by atoms with van der Waals surface area (Å²) in [6.07, 6.45) is 0. The molecule has 27 heavy (non-hydrogen) atoms. The van der Waals surface area contributed by atoms with Crippen molar-refractivity contribution < 1.29 is 9.72 Å². The third kappa shape index (κ3) is 4.74. The minimum Gasteiger partial charge on any atom is -0.332 e. The fourth-order valence-corrected chi connectivity index (χ4v) is 2.69. The molecule has 1 amide bonds. The Morgan fingerprint density at radius 1 is 0.889 bits per heavy atom. The topological polar surface area (TPSA) is 84.3 Å². The van der Waals surface area contributed by atoms with Crippen LogP contribution in [0.3, 0.4) is 0 Å². The monoisotopic (exact) mass is 377 g/mol. The molecular formula is C20H15N3O3S. The van der Waals surface area contributed by atoms with Crippen LogP contribution < -0.4 is 10.6 Å². The number of carbonyl (C=O) groups excluding carboxylic acids is 1. The molecule has 6 nitrogen and oxygen atoms in total. The molecule has 2 N–H and O–H groups in total. The minimum absolute atomic E-state index is 0.0626. The summed E-state index contributed by atoms with van der Waals surface area (Å²) in [5.74, 6) is -0.363. The zero-order valence-electron chi connectivity index (χ0n) is 14.1. The Balaban J connectivity index is 1.64. The standard InChI is InChI=1S/C20H15N3O3S/c24-19(16-11-9-15(10-12-16)14-5-2-1-3-6-14)22-20(27)21-17-7-4-8-18(13-17)23(25)26/h1-13H,(H2,21,22,24,27). The molecule has 3 aromatic carbocycles. The van der Waals surface area contributed by atoms with Crippen molar-refractivity contribution in [3.05, 3.63) is 94.5 Å². The van der Waals surface area contributed by atoms with E-state index in [9.17, 15) is 14.9 Å². The lowest BCUT2D eigenvalue weighted by atomic mass is 10.0. The summed E-state index contributed by atoms with van der Waals surface area (Å²) in [7, 11) is 0. The molecule has 0 radical (unpaired) electrons.